The monoisotopic (exact) mass is 476 g/mol. The van der Waals surface area contributed by atoms with Crippen LogP contribution >= 0.6 is 11.6 Å². The Hall–Kier alpha value is -3.43. The summed E-state index contributed by atoms with van der Waals surface area (Å²) in [6, 6.07) is 17.1. The van der Waals surface area contributed by atoms with Crippen LogP contribution in [0.1, 0.15) is 10.4 Å². The summed E-state index contributed by atoms with van der Waals surface area (Å²) in [6.07, 6.45) is 0. The summed E-state index contributed by atoms with van der Waals surface area (Å²) in [5.74, 6) is -2.28. The lowest BCUT2D eigenvalue weighted by atomic mass is 10.2. The molecule has 0 aliphatic carbocycles. The van der Waals surface area contributed by atoms with Crippen molar-refractivity contribution in [2.45, 2.75) is 4.90 Å². The number of benzene rings is 3. The van der Waals surface area contributed by atoms with E-state index < -0.39 is 34.3 Å². The summed E-state index contributed by atoms with van der Waals surface area (Å²) in [7, 11) is -2.64. The molecule has 3 rings (SSSR count). The first-order valence-corrected chi connectivity index (χ1v) is 11.1. The summed E-state index contributed by atoms with van der Waals surface area (Å²) >= 11 is 5.94. The van der Waals surface area contributed by atoms with Crippen LogP contribution in [0.25, 0.3) is 0 Å². The molecule has 3 aromatic carbocycles. The fourth-order valence-electron chi connectivity index (χ4n) is 2.72. The Labute approximate surface area is 189 Å². The highest BCUT2D eigenvalue weighted by Gasteiger charge is 2.23. The minimum absolute atomic E-state index is 0.0503. The van der Waals surface area contributed by atoms with Crippen LogP contribution in [0.4, 0.5) is 15.8 Å². The van der Waals surface area contributed by atoms with E-state index in [4.69, 9.17) is 16.3 Å². The number of sulfonamides is 1. The van der Waals surface area contributed by atoms with Gasteiger partial charge in [0.15, 0.2) is 6.61 Å². The van der Waals surface area contributed by atoms with Crippen molar-refractivity contribution in [1.29, 1.82) is 0 Å². The second kappa shape index (κ2) is 9.80. The minimum atomic E-state index is -4.00. The molecule has 0 bridgehead atoms. The Morgan fingerprint density at radius 3 is 2.47 bits per heavy atom. The second-order valence-corrected chi connectivity index (χ2v) is 8.99. The third-order valence-electron chi connectivity index (χ3n) is 4.38. The molecule has 0 atom stereocenters. The Bertz CT molecular complexity index is 1270. The zero-order chi connectivity index (χ0) is 23.3. The summed E-state index contributed by atoms with van der Waals surface area (Å²) in [5.41, 5.74) is 0.227. The number of rotatable bonds is 7. The van der Waals surface area contributed by atoms with Gasteiger partial charge >= 0.3 is 5.97 Å². The van der Waals surface area contributed by atoms with Gasteiger partial charge in [0.1, 0.15) is 5.82 Å². The molecular formula is C22H18ClFN2O5S. The van der Waals surface area contributed by atoms with Crippen LogP contribution in [0, 0.1) is 5.82 Å². The van der Waals surface area contributed by atoms with Crippen LogP contribution in [0.5, 0.6) is 0 Å². The number of ether oxygens (including phenoxy) is 1. The van der Waals surface area contributed by atoms with Gasteiger partial charge in [-0.25, -0.2) is 17.6 Å². The van der Waals surface area contributed by atoms with E-state index >= 15 is 0 Å². The Morgan fingerprint density at radius 2 is 1.75 bits per heavy atom. The van der Waals surface area contributed by atoms with Crippen LogP contribution in [0.2, 0.25) is 5.02 Å². The van der Waals surface area contributed by atoms with Gasteiger partial charge in [-0.1, -0.05) is 35.9 Å². The lowest BCUT2D eigenvalue weighted by molar-refractivity contribution is -0.119. The number of hydrogen-bond acceptors (Lipinski definition) is 5. The number of nitrogens with one attached hydrogen (secondary N) is 1. The van der Waals surface area contributed by atoms with E-state index in [0.29, 0.717) is 10.7 Å². The number of nitrogens with zero attached hydrogens (tertiary/aromatic N) is 1. The maximum atomic E-state index is 13.6. The van der Waals surface area contributed by atoms with Crippen LogP contribution in [0.15, 0.2) is 77.7 Å². The van der Waals surface area contributed by atoms with Gasteiger partial charge in [-0.3, -0.25) is 9.10 Å². The van der Waals surface area contributed by atoms with Crippen LogP contribution in [-0.2, 0) is 19.6 Å². The van der Waals surface area contributed by atoms with Gasteiger partial charge < -0.3 is 10.1 Å². The van der Waals surface area contributed by atoms with E-state index in [1.54, 1.807) is 18.2 Å². The topological polar surface area (TPSA) is 92.8 Å². The van der Waals surface area contributed by atoms with Gasteiger partial charge in [0, 0.05) is 12.1 Å². The first-order chi connectivity index (χ1) is 15.2. The summed E-state index contributed by atoms with van der Waals surface area (Å²) < 4.78 is 45.5. The molecule has 32 heavy (non-hydrogen) atoms. The molecule has 10 heteroatoms. The van der Waals surface area contributed by atoms with Crippen LogP contribution < -0.4 is 9.62 Å². The van der Waals surface area contributed by atoms with Crippen molar-refractivity contribution in [2.24, 2.45) is 0 Å². The van der Waals surface area contributed by atoms with E-state index in [1.807, 2.05) is 0 Å². The molecule has 166 valence electrons. The molecule has 0 radical (unpaired) electrons. The molecule has 1 N–H and O–H groups in total. The summed E-state index contributed by atoms with van der Waals surface area (Å²) in [4.78, 5) is 24.1. The highest BCUT2D eigenvalue weighted by Crippen LogP contribution is 2.25. The molecular weight excluding hydrogens is 459 g/mol. The maximum Gasteiger partial charge on any atom is 0.338 e. The van der Waals surface area contributed by atoms with E-state index in [1.165, 1.54) is 55.6 Å². The number of carbonyl (C=O) groups is 2. The lowest BCUT2D eigenvalue weighted by Crippen LogP contribution is -2.27. The van der Waals surface area contributed by atoms with Crippen molar-refractivity contribution in [3.63, 3.8) is 0 Å². The molecule has 0 fully saturated rings. The van der Waals surface area contributed by atoms with Gasteiger partial charge in [-0.05, 0) is 48.5 Å². The SMILES string of the molecule is CN(c1cccc(Cl)c1)S(=O)(=O)c1cccc(C(=O)OCC(=O)Nc2ccccc2F)c1. The molecule has 0 heterocycles. The Balaban J connectivity index is 1.70. The number of halogens is 2. The van der Waals surface area contributed by atoms with Crippen molar-refractivity contribution in [3.05, 3.63) is 89.2 Å². The molecule has 0 saturated heterocycles. The normalized spacial score (nSPS) is 11.0. The van der Waals surface area contributed by atoms with Crippen molar-refractivity contribution < 1.29 is 27.1 Å². The molecule has 0 aliphatic rings. The van der Waals surface area contributed by atoms with E-state index in [0.717, 1.165) is 10.4 Å². The van der Waals surface area contributed by atoms with E-state index in [-0.39, 0.29) is 16.1 Å². The zero-order valence-electron chi connectivity index (χ0n) is 16.8. The van der Waals surface area contributed by atoms with Crippen molar-refractivity contribution in [1.82, 2.24) is 0 Å². The number of esters is 1. The number of hydrogen-bond donors (Lipinski definition) is 1. The standard InChI is InChI=1S/C22H18ClFN2O5S/c1-26(17-8-5-7-16(23)13-17)32(29,30)18-9-4-6-15(12-18)22(28)31-14-21(27)25-20-11-3-2-10-19(20)24/h2-13H,14H2,1H3,(H,25,27). The van der Waals surface area contributed by atoms with E-state index in [9.17, 15) is 22.4 Å². The number of para-hydroxylation sites is 1. The second-order valence-electron chi connectivity index (χ2n) is 6.58. The maximum absolute atomic E-state index is 13.6. The number of anilines is 2. The summed E-state index contributed by atoms with van der Waals surface area (Å²) in [5, 5.41) is 2.66. The predicted molar refractivity (Wildman–Crippen MR) is 119 cm³/mol. The molecule has 1 amide bonds. The molecule has 0 saturated carbocycles. The highest BCUT2D eigenvalue weighted by atomic mass is 35.5. The van der Waals surface area contributed by atoms with Gasteiger partial charge in [0.25, 0.3) is 15.9 Å². The molecule has 7 nitrogen and oxygen atoms in total. The van der Waals surface area contributed by atoms with Gasteiger partial charge in [-0.15, -0.1) is 0 Å². The van der Waals surface area contributed by atoms with Gasteiger partial charge in [-0.2, -0.15) is 0 Å². The summed E-state index contributed by atoms with van der Waals surface area (Å²) in [6.45, 7) is -0.674. The Kier molecular flexibility index (Phi) is 7.12. The largest absolute Gasteiger partial charge is 0.452 e. The third kappa shape index (κ3) is 5.43. The van der Waals surface area contributed by atoms with Crippen molar-refractivity contribution in [3.8, 4) is 0 Å². The molecule has 0 spiro atoms. The third-order valence-corrected chi connectivity index (χ3v) is 6.40. The quantitative estimate of drug-likeness (QED) is 0.518. The van der Waals surface area contributed by atoms with E-state index in [2.05, 4.69) is 5.32 Å². The predicted octanol–water partition coefficient (Wildman–Crippen LogP) is 4.10. The number of amides is 1. The fourth-order valence-corrected chi connectivity index (χ4v) is 4.13. The van der Waals surface area contributed by atoms with Gasteiger partial charge in [0.2, 0.25) is 0 Å². The minimum Gasteiger partial charge on any atom is -0.452 e. The molecule has 3 aromatic rings. The number of carbonyl (C=O) groups excluding carboxylic acids is 2. The average Bonchev–Trinajstić information content (AvgIpc) is 2.78. The first-order valence-electron chi connectivity index (χ1n) is 9.24. The molecule has 0 unspecified atom stereocenters. The van der Waals surface area contributed by atoms with Crippen LogP contribution in [0.3, 0.4) is 0 Å². The Morgan fingerprint density at radius 1 is 1.03 bits per heavy atom. The van der Waals surface area contributed by atoms with Crippen molar-refractivity contribution in [2.75, 3.05) is 23.3 Å². The average molecular weight is 477 g/mol. The zero-order valence-corrected chi connectivity index (χ0v) is 18.4. The lowest BCUT2D eigenvalue weighted by Gasteiger charge is -2.20. The van der Waals surface area contributed by atoms with Crippen LogP contribution in [-0.4, -0.2) is 33.9 Å². The van der Waals surface area contributed by atoms with Gasteiger partial charge in [0.05, 0.1) is 21.8 Å². The first kappa shape index (κ1) is 23.2. The molecule has 0 aliphatic heterocycles. The molecule has 0 aromatic heterocycles. The van der Waals surface area contributed by atoms with Crippen molar-refractivity contribution >= 4 is 44.9 Å². The smallest absolute Gasteiger partial charge is 0.338 e. The highest BCUT2D eigenvalue weighted by molar-refractivity contribution is 7.92. The fraction of sp³-hybridized carbons (Fsp3) is 0.0909.